The predicted octanol–water partition coefficient (Wildman–Crippen LogP) is 6.22. The molecule has 0 amide bonds. The molecule has 2 aromatic carbocycles. The van der Waals surface area contributed by atoms with Gasteiger partial charge in [-0.25, -0.2) is 4.39 Å². The van der Waals surface area contributed by atoms with Gasteiger partial charge in [0.25, 0.3) is 0 Å². The van der Waals surface area contributed by atoms with E-state index in [-0.39, 0.29) is 10.6 Å². The van der Waals surface area contributed by atoms with Crippen molar-refractivity contribution in [2.45, 2.75) is 0 Å². The van der Waals surface area contributed by atoms with Crippen molar-refractivity contribution in [1.82, 2.24) is 0 Å². The van der Waals surface area contributed by atoms with Gasteiger partial charge >= 0.3 is 0 Å². The summed E-state index contributed by atoms with van der Waals surface area (Å²) in [5.74, 6) is -0.433. The molecule has 0 atom stereocenters. The molecular formula is C12H5BrCl3F. The van der Waals surface area contributed by atoms with Crippen molar-refractivity contribution in [3.63, 3.8) is 0 Å². The second-order valence-corrected chi connectivity index (χ2v) is 5.34. The van der Waals surface area contributed by atoms with Gasteiger partial charge in [0, 0.05) is 15.6 Å². The van der Waals surface area contributed by atoms with Crippen LogP contribution in [-0.2, 0) is 0 Å². The fourth-order valence-corrected chi connectivity index (χ4v) is 2.61. The van der Waals surface area contributed by atoms with E-state index in [0.29, 0.717) is 20.1 Å². The molecule has 0 heterocycles. The fraction of sp³-hybridized carbons (Fsp3) is 0. The maximum atomic E-state index is 13.8. The Kier molecular flexibility index (Phi) is 3.99. The average Bonchev–Trinajstić information content (AvgIpc) is 2.29. The highest BCUT2D eigenvalue weighted by molar-refractivity contribution is 9.10. The quantitative estimate of drug-likeness (QED) is 0.534. The molecule has 0 aliphatic heterocycles. The second kappa shape index (κ2) is 5.15. The molecular weight excluding hydrogens is 349 g/mol. The Hall–Kier alpha value is -0.280. The lowest BCUT2D eigenvalue weighted by atomic mass is 10.1. The van der Waals surface area contributed by atoms with E-state index in [1.165, 1.54) is 12.1 Å². The van der Waals surface area contributed by atoms with Crippen LogP contribution < -0.4 is 0 Å². The Morgan fingerprint density at radius 3 is 2.29 bits per heavy atom. The van der Waals surface area contributed by atoms with Crippen molar-refractivity contribution in [1.29, 1.82) is 0 Å². The van der Waals surface area contributed by atoms with Crippen molar-refractivity contribution in [3.8, 4) is 11.1 Å². The average molecular weight is 354 g/mol. The Morgan fingerprint density at radius 1 is 0.941 bits per heavy atom. The molecule has 0 bridgehead atoms. The minimum atomic E-state index is -0.433. The summed E-state index contributed by atoms with van der Waals surface area (Å²) in [5.41, 5.74) is 0.733. The molecule has 0 saturated carbocycles. The van der Waals surface area contributed by atoms with E-state index in [1.807, 2.05) is 0 Å². The number of hydrogen-bond donors (Lipinski definition) is 0. The predicted molar refractivity (Wildman–Crippen MR) is 74.6 cm³/mol. The summed E-state index contributed by atoms with van der Waals surface area (Å²) in [6.07, 6.45) is 0. The molecule has 0 N–H and O–H groups in total. The lowest BCUT2D eigenvalue weighted by Gasteiger charge is -2.10. The van der Waals surface area contributed by atoms with Crippen LogP contribution in [0.15, 0.2) is 34.8 Å². The highest BCUT2D eigenvalue weighted by Gasteiger charge is 2.15. The van der Waals surface area contributed by atoms with Crippen LogP contribution in [0.1, 0.15) is 0 Å². The number of rotatable bonds is 1. The molecule has 2 aromatic rings. The summed E-state index contributed by atoms with van der Waals surface area (Å²) >= 11 is 21.3. The SMILES string of the molecule is Fc1cccc(Cl)c1-c1ccc(Br)c(Cl)c1Cl. The van der Waals surface area contributed by atoms with Gasteiger partial charge in [-0.15, -0.1) is 0 Å². The topological polar surface area (TPSA) is 0 Å². The molecule has 0 saturated heterocycles. The summed E-state index contributed by atoms with van der Waals surface area (Å²) in [4.78, 5) is 0. The van der Waals surface area contributed by atoms with Crippen LogP contribution in [-0.4, -0.2) is 0 Å². The van der Waals surface area contributed by atoms with E-state index in [9.17, 15) is 4.39 Å². The summed E-state index contributed by atoms with van der Waals surface area (Å²) in [6.45, 7) is 0. The van der Waals surface area contributed by atoms with Crippen LogP contribution >= 0.6 is 50.7 Å². The van der Waals surface area contributed by atoms with Crippen LogP contribution in [0.5, 0.6) is 0 Å². The molecule has 0 aromatic heterocycles. The third-order valence-corrected chi connectivity index (χ3v) is 4.35. The number of halogens is 5. The van der Waals surface area contributed by atoms with Gasteiger partial charge in [0.15, 0.2) is 0 Å². The van der Waals surface area contributed by atoms with Gasteiger partial charge in [-0.3, -0.25) is 0 Å². The largest absolute Gasteiger partial charge is 0.206 e. The van der Waals surface area contributed by atoms with Gasteiger partial charge in [0.1, 0.15) is 5.82 Å². The van der Waals surface area contributed by atoms with E-state index in [2.05, 4.69) is 15.9 Å². The Morgan fingerprint density at radius 2 is 1.65 bits per heavy atom. The lowest BCUT2D eigenvalue weighted by Crippen LogP contribution is -1.88. The maximum Gasteiger partial charge on any atom is 0.132 e. The molecule has 17 heavy (non-hydrogen) atoms. The molecule has 0 unspecified atom stereocenters. The van der Waals surface area contributed by atoms with Crippen molar-refractivity contribution in [2.24, 2.45) is 0 Å². The smallest absolute Gasteiger partial charge is 0.132 e. The van der Waals surface area contributed by atoms with Crippen LogP contribution in [0.2, 0.25) is 15.1 Å². The molecule has 0 aliphatic carbocycles. The molecule has 0 spiro atoms. The first-order chi connectivity index (χ1) is 8.02. The standard InChI is InChI=1S/C12H5BrCl3F/c13-7-5-4-6(11(15)12(7)16)10-8(14)2-1-3-9(10)17/h1-5H. The normalized spacial score (nSPS) is 10.6. The second-order valence-electron chi connectivity index (χ2n) is 3.32. The molecule has 0 fully saturated rings. The van der Waals surface area contributed by atoms with Crippen molar-refractivity contribution < 1.29 is 4.39 Å². The zero-order valence-corrected chi connectivity index (χ0v) is 12.1. The van der Waals surface area contributed by atoms with E-state index in [0.717, 1.165) is 0 Å². The highest BCUT2D eigenvalue weighted by Crippen LogP contribution is 2.41. The van der Waals surface area contributed by atoms with Crippen molar-refractivity contribution in [2.75, 3.05) is 0 Å². The molecule has 0 nitrogen and oxygen atoms in total. The zero-order valence-electron chi connectivity index (χ0n) is 8.28. The van der Waals surface area contributed by atoms with E-state index in [1.54, 1.807) is 18.2 Å². The summed E-state index contributed by atoms with van der Waals surface area (Å²) in [6, 6.07) is 7.84. The summed E-state index contributed by atoms with van der Waals surface area (Å²) < 4.78 is 14.4. The van der Waals surface area contributed by atoms with Gasteiger partial charge in [0.2, 0.25) is 0 Å². The first-order valence-electron chi connectivity index (χ1n) is 4.60. The Balaban J connectivity index is 2.74. The third-order valence-electron chi connectivity index (χ3n) is 2.27. The molecule has 2 rings (SSSR count). The zero-order chi connectivity index (χ0) is 12.6. The van der Waals surface area contributed by atoms with Crippen LogP contribution in [0.25, 0.3) is 11.1 Å². The highest BCUT2D eigenvalue weighted by atomic mass is 79.9. The Bertz CT molecular complexity index is 564. The third kappa shape index (κ3) is 2.45. The number of hydrogen-bond acceptors (Lipinski definition) is 0. The number of benzene rings is 2. The van der Waals surface area contributed by atoms with Crippen LogP contribution in [0.3, 0.4) is 0 Å². The summed E-state index contributed by atoms with van der Waals surface area (Å²) in [5, 5.41) is 0.904. The fourth-order valence-electron chi connectivity index (χ4n) is 1.47. The van der Waals surface area contributed by atoms with E-state index in [4.69, 9.17) is 34.8 Å². The van der Waals surface area contributed by atoms with Gasteiger partial charge in [-0.2, -0.15) is 0 Å². The lowest BCUT2D eigenvalue weighted by molar-refractivity contribution is 0.631. The molecule has 88 valence electrons. The van der Waals surface area contributed by atoms with Gasteiger partial charge < -0.3 is 0 Å². The van der Waals surface area contributed by atoms with Crippen LogP contribution in [0, 0.1) is 5.82 Å². The van der Waals surface area contributed by atoms with Crippen LogP contribution in [0.4, 0.5) is 4.39 Å². The summed E-state index contributed by atoms with van der Waals surface area (Å²) in [7, 11) is 0. The van der Waals surface area contributed by atoms with Crippen molar-refractivity contribution >= 4 is 50.7 Å². The van der Waals surface area contributed by atoms with E-state index >= 15 is 0 Å². The first kappa shape index (κ1) is 13.2. The first-order valence-corrected chi connectivity index (χ1v) is 6.53. The van der Waals surface area contributed by atoms with Gasteiger partial charge in [-0.1, -0.05) is 46.9 Å². The van der Waals surface area contributed by atoms with E-state index < -0.39 is 5.82 Å². The van der Waals surface area contributed by atoms with Gasteiger partial charge in [0.05, 0.1) is 15.1 Å². The van der Waals surface area contributed by atoms with Gasteiger partial charge in [-0.05, 0) is 34.1 Å². The molecule has 0 aliphatic rings. The minimum absolute atomic E-state index is 0.258. The molecule has 0 radical (unpaired) electrons. The van der Waals surface area contributed by atoms with Crippen molar-refractivity contribution in [3.05, 3.63) is 55.7 Å². The minimum Gasteiger partial charge on any atom is -0.206 e. The maximum absolute atomic E-state index is 13.8. The Labute approximate surface area is 121 Å². The monoisotopic (exact) mass is 352 g/mol. The molecule has 5 heteroatoms.